The van der Waals surface area contributed by atoms with Crippen LogP contribution in [0.2, 0.25) is 0 Å². The monoisotopic (exact) mass is 88.1 g/mol. The van der Waals surface area contributed by atoms with Gasteiger partial charge in [-0.1, -0.05) is 13.5 Å². The van der Waals surface area contributed by atoms with Crippen LogP contribution in [-0.2, 0) is 5.11 Å². The van der Waals surface area contributed by atoms with Crippen LogP contribution in [0.3, 0.4) is 0 Å². The smallest absolute Gasteiger partial charge is 0.135 e. The second-order valence-electron chi connectivity index (χ2n) is 0.575. The van der Waals surface area contributed by atoms with E-state index in [1.165, 1.54) is 0 Å². The standard InChI is InChI=1S/C2H7N.C2H3O/c2*1-2-3/h2-3H2,1H3;2H,1H2. The predicted molar refractivity (Wildman–Crippen MR) is 25.6 cm³/mol. The summed E-state index contributed by atoms with van der Waals surface area (Å²) in [6.07, 6.45) is 0.500. The normalized spacial score (nSPS) is 5.00. The second kappa shape index (κ2) is 24.5. The van der Waals surface area contributed by atoms with Gasteiger partial charge in [-0.2, -0.15) is 0 Å². The number of nitrogens with two attached hydrogens (primary N) is 1. The van der Waals surface area contributed by atoms with Crippen molar-refractivity contribution in [1.82, 2.24) is 0 Å². The van der Waals surface area contributed by atoms with Crippen molar-refractivity contribution in [3.05, 3.63) is 12.8 Å². The molecule has 0 aromatic heterocycles. The van der Waals surface area contributed by atoms with Crippen LogP contribution < -0.4 is 5.73 Å². The predicted octanol–water partition coefficient (Wildman–Crippen LogP) is 0.525. The van der Waals surface area contributed by atoms with Gasteiger partial charge in [0, 0.05) is 0 Å². The summed E-state index contributed by atoms with van der Waals surface area (Å²) in [5, 5.41) is 8.69. The van der Waals surface area contributed by atoms with Gasteiger partial charge >= 0.3 is 0 Å². The Kier molecular flexibility index (Phi) is 37.1. The Morgan fingerprint density at radius 3 is 2.00 bits per heavy atom. The van der Waals surface area contributed by atoms with E-state index in [4.69, 9.17) is 10.8 Å². The molecule has 6 heavy (non-hydrogen) atoms. The Hall–Kier alpha value is -0.500. The highest BCUT2D eigenvalue weighted by atomic mass is 16.2. The average Bonchev–Trinajstić information content (AvgIpc) is 1.39. The summed E-state index contributed by atoms with van der Waals surface area (Å²) in [4.78, 5) is 0. The summed E-state index contributed by atoms with van der Waals surface area (Å²) in [5.41, 5.74) is 4.85. The average molecular weight is 88.1 g/mol. The highest BCUT2D eigenvalue weighted by molar-refractivity contribution is 4.37. The zero-order valence-electron chi connectivity index (χ0n) is 3.98. The summed E-state index contributed by atoms with van der Waals surface area (Å²) < 4.78 is 0. The fraction of sp³-hybridized carbons (Fsp3) is 0.500. The minimum Gasteiger partial charge on any atom is -0.331 e. The second-order valence-corrected chi connectivity index (χ2v) is 0.575. The van der Waals surface area contributed by atoms with Crippen LogP contribution in [0, 0.1) is 0 Å². The highest BCUT2D eigenvalue weighted by Crippen LogP contribution is 1.30. The van der Waals surface area contributed by atoms with Crippen molar-refractivity contribution in [2.45, 2.75) is 6.92 Å². The Balaban J connectivity index is 0. The van der Waals surface area contributed by atoms with E-state index in [-0.39, 0.29) is 0 Å². The van der Waals surface area contributed by atoms with Gasteiger partial charge in [0.15, 0.2) is 0 Å². The summed E-state index contributed by atoms with van der Waals surface area (Å²) in [6.45, 7) is 5.46. The molecule has 0 atom stereocenters. The van der Waals surface area contributed by atoms with Crippen molar-refractivity contribution in [2.24, 2.45) is 5.73 Å². The molecule has 0 amide bonds. The molecule has 37 valence electrons. The number of hydrogen-bond acceptors (Lipinski definition) is 1. The number of rotatable bonds is 0. The van der Waals surface area contributed by atoms with E-state index in [1.54, 1.807) is 0 Å². The van der Waals surface area contributed by atoms with Crippen LogP contribution >= 0.6 is 0 Å². The van der Waals surface area contributed by atoms with Crippen molar-refractivity contribution in [2.75, 3.05) is 6.54 Å². The molecule has 0 saturated heterocycles. The van der Waals surface area contributed by atoms with Crippen LogP contribution in [-0.4, -0.2) is 6.54 Å². The molecule has 0 aromatic rings. The van der Waals surface area contributed by atoms with Crippen molar-refractivity contribution < 1.29 is 5.11 Å². The summed E-state index contributed by atoms with van der Waals surface area (Å²) in [6, 6.07) is 0. The summed E-state index contributed by atoms with van der Waals surface area (Å²) in [5.74, 6) is 0. The van der Waals surface area contributed by atoms with Crippen LogP contribution in [0.25, 0.3) is 0 Å². The van der Waals surface area contributed by atoms with Gasteiger partial charge in [-0.3, -0.25) is 5.11 Å². The lowest BCUT2D eigenvalue weighted by Gasteiger charge is -1.53. The Labute approximate surface area is 38.3 Å². The molecule has 2 nitrogen and oxygen atoms in total. The van der Waals surface area contributed by atoms with Crippen LogP contribution in [0.15, 0.2) is 12.8 Å². The molecule has 0 fully saturated rings. The van der Waals surface area contributed by atoms with Crippen LogP contribution in [0.5, 0.6) is 0 Å². The lowest BCUT2D eigenvalue weighted by atomic mass is 10.8. The van der Waals surface area contributed by atoms with E-state index in [1.807, 2.05) is 6.92 Å². The van der Waals surface area contributed by atoms with Gasteiger partial charge in [-0.05, 0) is 6.54 Å². The first-order chi connectivity index (χ1) is 2.83. The summed E-state index contributed by atoms with van der Waals surface area (Å²) in [7, 11) is 0. The third-order valence-corrected chi connectivity index (χ3v) is 0. The molecular formula is C4H10NO. The lowest BCUT2D eigenvalue weighted by molar-refractivity contribution is 0.353. The van der Waals surface area contributed by atoms with Crippen molar-refractivity contribution >= 4 is 0 Å². The van der Waals surface area contributed by atoms with Crippen molar-refractivity contribution in [1.29, 1.82) is 0 Å². The molecule has 2 N–H and O–H groups in total. The van der Waals surface area contributed by atoms with E-state index in [0.29, 0.717) is 6.26 Å². The zero-order valence-corrected chi connectivity index (χ0v) is 3.98. The lowest BCUT2D eigenvalue weighted by Crippen LogP contribution is -1.87. The first-order valence-corrected chi connectivity index (χ1v) is 1.76. The zero-order chi connectivity index (χ0) is 5.41. The van der Waals surface area contributed by atoms with Gasteiger partial charge in [0.25, 0.3) is 0 Å². The molecule has 0 heterocycles. The molecule has 2 heteroatoms. The first-order valence-electron chi connectivity index (χ1n) is 1.76. The maximum atomic E-state index is 8.69. The van der Waals surface area contributed by atoms with E-state index < -0.39 is 0 Å². The molecule has 0 bridgehead atoms. The quantitative estimate of drug-likeness (QED) is 0.431. The van der Waals surface area contributed by atoms with Gasteiger partial charge in [0.05, 0.1) is 0 Å². The first kappa shape index (κ1) is 9.09. The van der Waals surface area contributed by atoms with Crippen LogP contribution in [0.4, 0.5) is 0 Å². The van der Waals surface area contributed by atoms with Gasteiger partial charge < -0.3 is 5.73 Å². The van der Waals surface area contributed by atoms with Gasteiger partial charge in [0.2, 0.25) is 0 Å². The van der Waals surface area contributed by atoms with Crippen molar-refractivity contribution in [3.63, 3.8) is 0 Å². The molecule has 0 aliphatic carbocycles. The Bertz CT molecular complexity index is 21.5. The van der Waals surface area contributed by atoms with Gasteiger partial charge in [-0.25, -0.2) is 0 Å². The van der Waals surface area contributed by atoms with Crippen molar-refractivity contribution in [3.8, 4) is 0 Å². The topological polar surface area (TPSA) is 45.9 Å². The van der Waals surface area contributed by atoms with Crippen LogP contribution in [0.1, 0.15) is 6.92 Å². The van der Waals surface area contributed by atoms with Gasteiger partial charge in [0.1, 0.15) is 6.26 Å². The SMILES string of the molecule is C=C[O].CCN. The fourth-order valence-corrected chi connectivity index (χ4v) is 0. The molecular weight excluding hydrogens is 78.0 g/mol. The fourth-order valence-electron chi connectivity index (χ4n) is 0. The molecule has 0 aliphatic rings. The number of hydrogen-bond donors (Lipinski definition) is 1. The molecule has 0 aliphatic heterocycles. The molecule has 0 unspecified atom stereocenters. The van der Waals surface area contributed by atoms with E-state index in [2.05, 4.69) is 6.58 Å². The Morgan fingerprint density at radius 1 is 2.00 bits per heavy atom. The molecule has 0 saturated carbocycles. The molecule has 0 aromatic carbocycles. The third-order valence-electron chi connectivity index (χ3n) is 0. The van der Waals surface area contributed by atoms with E-state index >= 15 is 0 Å². The highest BCUT2D eigenvalue weighted by Gasteiger charge is 1.32. The maximum absolute atomic E-state index is 8.69. The summed E-state index contributed by atoms with van der Waals surface area (Å²) >= 11 is 0. The van der Waals surface area contributed by atoms with E-state index in [0.717, 1.165) is 6.54 Å². The molecule has 1 radical (unpaired) electrons. The Morgan fingerprint density at radius 2 is 2.00 bits per heavy atom. The third kappa shape index (κ3) is 87.5. The largest absolute Gasteiger partial charge is 0.331 e. The van der Waals surface area contributed by atoms with E-state index in [9.17, 15) is 0 Å². The minimum atomic E-state index is 0.500. The molecule has 0 rings (SSSR count). The van der Waals surface area contributed by atoms with Gasteiger partial charge in [-0.15, -0.1) is 0 Å². The maximum Gasteiger partial charge on any atom is 0.135 e. The molecule has 0 spiro atoms. The minimum absolute atomic E-state index is 0.500.